The van der Waals surface area contributed by atoms with E-state index >= 15 is 0 Å². The van der Waals surface area contributed by atoms with Crippen molar-refractivity contribution in [2.24, 2.45) is 0 Å². The van der Waals surface area contributed by atoms with Crippen molar-refractivity contribution < 1.29 is 27.5 Å². The first-order valence-corrected chi connectivity index (χ1v) is 15.8. The van der Waals surface area contributed by atoms with Gasteiger partial charge in [0.15, 0.2) is 0 Å². The Hall–Kier alpha value is -3.47. The van der Waals surface area contributed by atoms with Crippen molar-refractivity contribution in [2.45, 2.75) is 57.1 Å². The topological polar surface area (TPSA) is 105 Å². The molecule has 9 nitrogen and oxygen atoms in total. The van der Waals surface area contributed by atoms with Gasteiger partial charge in [-0.05, 0) is 69.2 Å². The van der Waals surface area contributed by atoms with Crippen LogP contribution in [-0.2, 0) is 26.2 Å². The molecule has 0 heterocycles. The molecular weight excluding hydrogens is 613 g/mol. The number of nitrogens with zero attached hydrogens (tertiary/aromatic N) is 2. The van der Waals surface area contributed by atoms with Crippen LogP contribution in [0.4, 0.5) is 5.69 Å². The Balaban J connectivity index is 2.17. The molecular formula is C31H37Cl2N3O6S. The predicted octanol–water partition coefficient (Wildman–Crippen LogP) is 5.93. The van der Waals surface area contributed by atoms with Gasteiger partial charge in [0, 0.05) is 28.2 Å². The first kappa shape index (κ1) is 34.0. The van der Waals surface area contributed by atoms with Crippen molar-refractivity contribution in [1.29, 1.82) is 0 Å². The molecule has 0 bridgehead atoms. The van der Waals surface area contributed by atoms with Crippen LogP contribution in [0.25, 0.3) is 0 Å². The van der Waals surface area contributed by atoms with Crippen molar-refractivity contribution in [3.8, 4) is 11.5 Å². The summed E-state index contributed by atoms with van der Waals surface area (Å²) in [5.41, 5.74) is 0.0573. The summed E-state index contributed by atoms with van der Waals surface area (Å²) in [5.74, 6) is -0.452. The van der Waals surface area contributed by atoms with E-state index in [2.05, 4.69) is 5.32 Å². The van der Waals surface area contributed by atoms with Crippen molar-refractivity contribution >= 4 is 50.7 Å². The molecule has 0 aliphatic carbocycles. The minimum atomic E-state index is -4.30. The summed E-state index contributed by atoms with van der Waals surface area (Å²) in [6, 6.07) is 16.3. The molecule has 0 saturated heterocycles. The summed E-state index contributed by atoms with van der Waals surface area (Å²) in [5, 5.41) is 3.65. The second kappa shape index (κ2) is 14.3. The Morgan fingerprint density at radius 2 is 1.63 bits per heavy atom. The molecule has 0 aromatic heterocycles. The molecule has 12 heteroatoms. The van der Waals surface area contributed by atoms with Crippen LogP contribution in [0.2, 0.25) is 10.0 Å². The molecule has 0 aliphatic heterocycles. The number of methoxy groups -OCH3 is 2. The maximum atomic E-state index is 14.3. The van der Waals surface area contributed by atoms with Crippen molar-refractivity contribution in [1.82, 2.24) is 10.2 Å². The second-order valence-electron chi connectivity index (χ2n) is 10.8. The highest BCUT2D eigenvalue weighted by molar-refractivity contribution is 7.92. The highest BCUT2D eigenvalue weighted by atomic mass is 35.5. The number of hydrogen-bond acceptors (Lipinski definition) is 6. The molecule has 1 atom stereocenters. The molecule has 1 N–H and O–H groups in total. The summed E-state index contributed by atoms with van der Waals surface area (Å²) in [4.78, 5) is 29.1. The molecule has 2 amide bonds. The number of hydrogen-bond donors (Lipinski definition) is 1. The van der Waals surface area contributed by atoms with Gasteiger partial charge in [-0.3, -0.25) is 13.9 Å². The van der Waals surface area contributed by atoms with Crippen LogP contribution < -0.4 is 19.1 Å². The fourth-order valence-corrected chi connectivity index (χ4v) is 6.34. The van der Waals surface area contributed by atoms with Gasteiger partial charge in [-0.1, -0.05) is 54.4 Å². The summed E-state index contributed by atoms with van der Waals surface area (Å²) in [7, 11) is -1.45. The van der Waals surface area contributed by atoms with E-state index in [0.29, 0.717) is 21.4 Å². The highest BCUT2D eigenvalue weighted by Gasteiger charge is 2.36. The lowest BCUT2D eigenvalue weighted by molar-refractivity contribution is -0.141. The van der Waals surface area contributed by atoms with Crippen LogP contribution in [0.3, 0.4) is 0 Å². The van der Waals surface area contributed by atoms with Crippen molar-refractivity contribution in [3.05, 3.63) is 82.3 Å². The van der Waals surface area contributed by atoms with Gasteiger partial charge < -0.3 is 19.7 Å². The Bertz CT molecular complexity index is 1540. The molecule has 0 spiro atoms. The van der Waals surface area contributed by atoms with E-state index in [1.54, 1.807) is 55.5 Å². The molecule has 3 aromatic rings. The van der Waals surface area contributed by atoms with Crippen molar-refractivity contribution in [3.63, 3.8) is 0 Å². The third kappa shape index (κ3) is 8.55. The molecule has 1 unspecified atom stereocenters. The molecule has 0 aliphatic rings. The summed E-state index contributed by atoms with van der Waals surface area (Å²) in [6.45, 7) is 6.57. The number of nitrogens with one attached hydrogen (secondary N) is 1. The van der Waals surface area contributed by atoms with E-state index < -0.39 is 34.1 Å². The van der Waals surface area contributed by atoms with Crippen LogP contribution in [-0.4, -0.2) is 57.5 Å². The number of benzene rings is 3. The predicted molar refractivity (Wildman–Crippen MR) is 170 cm³/mol. The Kier molecular flexibility index (Phi) is 11.3. The Morgan fingerprint density at radius 3 is 2.19 bits per heavy atom. The standard InChI is InChI=1S/C31H37Cl2N3O6S/c1-7-26(30(38)34-31(2,3)4)35(19-21-13-14-22(32)17-25(21)33)29(37)20-36(43(39,40)24-11-9-8-10-12-24)27-18-23(41-5)15-16-28(27)42-6/h8-18,26H,7,19-20H2,1-6H3,(H,34,38). The number of ether oxygens (including phenoxy) is 2. The molecule has 0 saturated carbocycles. The third-order valence-corrected chi connectivity index (χ3v) is 8.87. The van der Waals surface area contributed by atoms with Crippen LogP contribution >= 0.6 is 23.2 Å². The van der Waals surface area contributed by atoms with Crippen LogP contribution in [0.15, 0.2) is 71.6 Å². The summed E-state index contributed by atoms with van der Waals surface area (Å²) >= 11 is 12.6. The van der Waals surface area contributed by atoms with Gasteiger partial charge in [-0.15, -0.1) is 0 Å². The number of carbonyl (C=O) groups excluding carboxylic acids is 2. The molecule has 3 aromatic carbocycles. The molecule has 0 radical (unpaired) electrons. The highest BCUT2D eigenvalue weighted by Crippen LogP contribution is 2.36. The number of halogens is 2. The maximum Gasteiger partial charge on any atom is 0.264 e. The molecule has 232 valence electrons. The normalized spacial score (nSPS) is 12.3. The average Bonchev–Trinajstić information content (AvgIpc) is 2.95. The molecule has 43 heavy (non-hydrogen) atoms. The van der Waals surface area contributed by atoms with Gasteiger partial charge >= 0.3 is 0 Å². The zero-order valence-corrected chi connectivity index (χ0v) is 27.4. The molecule has 3 rings (SSSR count). The monoisotopic (exact) mass is 649 g/mol. The largest absolute Gasteiger partial charge is 0.497 e. The van der Waals surface area contributed by atoms with Gasteiger partial charge in [0.2, 0.25) is 11.8 Å². The summed E-state index contributed by atoms with van der Waals surface area (Å²) < 4.78 is 40.1. The first-order chi connectivity index (χ1) is 20.2. The number of rotatable bonds is 12. The van der Waals surface area contributed by atoms with Gasteiger partial charge in [0.05, 0.1) is 24.8 Å². The number of amides is 2. The zero-order valence-electron chi connectivity index (χ0n) is 25.1. The number of anilines is 1. The Labute approximate surface area is 263 Å². The van der Waals surface area contributed by atoms with Crippen LogP contribution in [0.1, 0.15) is 39.7 Å². The van der Waals surface area contributed by atoms with Gasteiger partial charge in [0.25, 0.3) is 10.0 Å². The van der Waals surface area contributed by atoms with E-state index in [9.17, 15) is 18.0 Å². The van der Waals surface area contributed by atoms with Gasteiger partial charge in [-0.2, -0.15) is 0 Å². The fraction of sp³-hybridized carbons (Fsp3) is 0.355. The SMILES string of the molecule is CCC(C(=O)NC(C)(C)C)N(Cc1ccc(Cl)cc1Cl)C(=O)CN(c1cc(OC)ccc1OC)S(=O)(=O)c1ccccc1. The van der Waals surface area contributed by atoms with Gasteiger partial charge in [-0.25, -0.2) is 8.42 Å². The van der Waals surface area contributed by atoms with E-state index in [4.69, 9.17) is 32.7 Å². The lowest BCUT2D eigenvalue weighted by Crippen LogP contribution is -2.55. The van der Waals surface area contributed by atoms with Crippen LogP contribution in [0, 0.1) is 0 Å². The number of sulfonamides is 1. The minimum Gasteiger partial charge on any atom is -0.497 e. The number of carbonyl (C=O) groups is 2. The van der Waals surface area contributed by atoms with Crippen LogP contribution in [0.5, 0.6) is 11.5 Å². The lowest BCUT2D eigenvalue weighted by Gasteiger charge is -2.35. The minimum absolute atomic E-state index is 0.0301. The van der Waals surface area contributed by atoms with E-state index in [0.717, 1.165) is 4.31 Å². The summed E-state index contributed by atoms with van der Waals surface area (Å²) in [6.07, 6.45) is 0.257. The van der Waals surface area contributed by atoms with E-state index in [1.165, 1.54) is 37.3 Å². The molecule has 0 fully saturated rings. The quantitative estimate of drug-likeness (QED) is 0.261. The first-order valence-electron chi connectivity index (χ1n) is 13.6. The third-order valence-electron chi connectivity index (χ3n) is 6.50. The average molecular weight is 651 g/mol. The maximum absolute atomic E-state index is 14.3. The van der Waals surface area contributed by atoms with E-state index in [1.807, 2.05) is 20.8 Å². The smallest absolute Gasteiger partial charge is 0.264 e. The van der Waals surface area contributed by atoms with Crippen molar-refractivity contribution in [2.75, 3.05) is 25.1 Å². The Morgan fingerprint density at radius 1 is 0.953 bits per heavy atom. The second-order valence-corrected chi connectivity index (χ2v) is 13.5. The lowest BCUT2D eigenvalue weighted by atomic mass is 10.1. The fourth-order valence-electron chi connectivity index (χ4n) is 4.43. The van der Waals surface area contributed by atoms with E-state index in [-0.39, 0.29) is 35.2 Å². The zero-order chi connectivity index (χ0) is 31.9. The van der Waals surface area contributed by atoms with Gasteiger partial charge in [0.1, 0.15) is 24.1 Å².